The number of hydrogen-bond donors (Lipinski definition) is 2. The first-order chi connectivity index (χ1) is 10.1. The van der Waals surface area contributed by atoms with Gasteiger partial charge in [-0.2, -0.15) is 5.10 Å². The molecular formula is C15H15N3O2S. The summed E-state index contributed by atoms with van der Waals surface area (Å²) in [7, 11) is 1.58. The molecule has 2 heterocycles. The molecule has 0 saturated heterocycles. The lowest BCUT2D eigenvalue weighted by Gasteiger charge is -2.10. The van der Waals surface area contributed by atoms with Gasteiger partial charge in [-0.15, -0.1) is 11.3 Å². The van der Waals surface area contributed by atoms with Crippen molar-refractivity contribution in [2.75, 3.05) is 7.11 Å². The van der Waals surface area contributed by atoms with E-state index in [1.54, 1.807) is 30.7 Å². The quantitative estimate of drug-likeness (QED) is 0.776. The second-order valence-corrected chi connectivity index (χ2v) is 5.81. The first-order valence-electron chi connectivity index (χ1n) is 6.44. The smallest absolute Gasteiger partial charge is 0.128 e. The fourth-order valence-electron chi connectivity index (χ4n) is 2.27. The van der Waals surface area contributed by atoms with Crippen LogP contribution in [0, 0.1) is 13.8 Å². The summed E-state index contributed by atoms with van der Waals surface area (Å²) in [6.45, 7) is 3.90. The van der Waals surface area contributed by atoms with Gasteiger partial charge in [0.05, 0.1) is 29.7 Å². The topological polar surface area (TPSA) is 71.0 Å². The Hall–Kier alpha value is -2.34. The number of rotatable bonds is 3. The van der Waals surface area contributed by atoms with E-state index in [-0.39, 0.29) is 5.75 Å². The average Bonchev–Trinajstić information content (AvgIpc) is 3.09. The van der Waals surface area contributed by atoms with Crippen LogP contribution in [0.2, 0.25) is 0 Å². The van der Waals surface area contributed by atoms with Gasteiger partial charge in [-0.1, -0.05) is 0 Å². The number of benzene rings is 1. The molecule has 0 bridgehead atoms. The maximum atomic E-state index is 10.2. The van der Waals surface area contributed by atoms with Crippen LogP contribution >= 0.6 is 11.3 Å². The third-order valence-electron chi connectivity index (χ3n) is 3.32. The minimum absolute atomic E-state index is 0.148. The third kappa shape index (κ3) is 2.38. The number of phenolic OH excluding ortho intramolecular Hbond substituents is 1. The van der Waals surface area contributed by atoms with Crippen molar-refractivity contribution >= 4 is 11.3 Å². The van der Waals surface area contributed by atoms with Crippen LogP contribution in [0.1, 0.15) is 10.6 Å². The lowest BCUT2D eigenvalue weighted by atomic mass is 10.0. The van der Waals surface area contributed by atoms with Gasteiger partial charge in [-0.3, -0.25) is 5.10 Å². The van der Waals surface area contributed by atoms with Crippen molar-refractivity contribution in [1.29, 1.82) is 0 Å². The molecule has 3 rings (SSSR count). The molecule has 0 aliphatic heterocycles. The predicted molar refractivity (Wildman–Crippen MR) is 82.8 cm³/mol. The molecule has 0 saturated carbocycles. The third-order valence-corrected chi connectivity index (χ3v) is 4.09. The summed E-state index contributed by atoms with van der Waals surface area (Å²) in [5.74, 6) is 0.803. The van der Waals surface area contributed by atoms with Gasteiger partial charge in [0.25, 0.3) is 0 Å². The van der Waals surface area contributed by atoms with Gasteiger partial charge >= 0.3 is 0 Å². The highest BCUT2D eigenvalue weighted by atomic mass is 32.1. The number of aryl methyl sites for hydroxylation is 2. The zero-order valence-electron chi connectivity index (χ0n) is 12.0. The summed E-state index contributed by atoms with van der Waals surface area (Å²) in [5.41, 5.74) is 4.11. The molecule has 0 spiro atoms. The molecule has 5 nitrogen and oxygen atoms in total. The Kier molecular flexibility index (Phi) is 3.39. The van der Waals surface area contributed by atoms with Crippen molar-refractivity contribution in [3.05, 3.63) is 34.3 Å². The molecule has 1 aromatic carbocycles. The van der Waals surface area contributed by atoms with Crippen LogP contribution < -0.4 is 4.74 Å². The Morgan fingerprint density at radius 1 is 1.24 bits per heavy atom. The number of nitrogens with one attached hydrogen (secondary N) is 1. The van der Waals surface area contributed by atoms with Crippen molar-refractivity contribution in [2.45, 2.75) is 13.8 Å². The molecule has 0 aliphatic rings. The number of aromatic hydroxyl groups is 1. The van der Waals surface area contributed by atoms with Gasteiger partial charge in [0.1, 0.15) is 11.5 Å². The Bertz CT molecular complexity index is 792. The summed E-state index contributed by atoms with van der Waals surface area (Å²) in [6.07, 6.45) is 1.73. The molecule has 0 amide bonds. The predicted octanol–water partition coefficient (Wildman–Crippen LogP) is 3.53. The van der Waals surface area contributed by atoms with Crippen LogP contribution in [0.25, 0.3) is 22.5 Å². The van der Waals surface area contributed by atoms with Crippen molar-refractivity contribution in [3.63, 3.8) is 0 Å². The van der Waals surface area contributed by atoms with Crippen molar-refractivity contribution in [1.82, 2.24) is 15.2 Å². The highest BCUT2D eigenvalue weighted by Crippen LogP contribution is 2.38. The molecule has 2 aromatic heterocycles. The molecule has 0 radical (unpaired) electrons. The molecule has 21 heavy (non-hydrogen) atoms. The summed E-state index contributed by atoms with van der Waals surface area (Å²) in [5, 5.41) is 20.3. The standard InChI is InChI=1S/C15H15N3O2S/c1-8-4-10(13(19)5-14(8)20-3)15-11(6-16-18-15)12-7-21-9(2)17-12/h4-7,19H,1-3H3,(H,16,18). The molecule has 0 fully saturated rings. The lowest BCUT2D eigenvalue weighted by molar-refractivity contribution is 0.405. The van der Waals surface area contributed by atoms with Gasteiger partial charge in [-0.05, 0) is 25.5 Å². The number of ether oxygens (including phenoxy) is 1. The van der Waals surface area contributed by atoms with Gasteiger partial charge in [0.2, 0.25) is 0 Å². The molecule has 6 heteroatoms. The van der Waals surface area contributed by atoms with Gasteiger partial charge in [-0.25, -0.2) is 4.98 Å². The van der Waals surface area contributed by atoms with Crippen LogP contribution in [-0.2, 0) is 0 Å². The number of nitrogens with zero attached hydrogens (tertiary/aromatic N) is 2. The molecule has 108 valence electrons. The second kappa shape index (κ2) is 5.21. The Morgan fingerprint density at radius 2 is 2.05 bits per heavy atom. The van der Waals surface area contributed by atoms with E-state index in [1.807, 2.05) is 25.3 Å². The summed E-state index contributed by atoms with van der Waals surface area (Å²) >= 11 is 1.58. The fourth-order valence-corrected chi connectivity index (χ4v) is 2.88. The van der Waals surface area contributed by atoms with Crippen LogP contribution in [-0.4, -0.2) is 27.4 Å². The van der Waals surface area contributed by atoms with Crippen LogP contribution in [0.15, 0.2) is 23.7 Å². The van der Waals surface area contributed by atoms with E-state index in [9.17, 15) is 5.11 Å². The Labute approximate surface area is 126 Å². The monoisotopic (exact) mass is 301 g/mol. The van der Waals surface area contributed by atoms with Crippen molar-refractivity contribution in [2.24, 2.45) is 0 Å². The molecule has 0 unspecified atom stereocenters. The van der Waals surface area contributed by atoms with E-state index in [0.29, 0.717) is 11.3 Å². The SMILES string of the molecule is COc1cc(O)c(-c2[nH]ncc2-c2csc(C)n2)cc1C. The zero-order valence-corrected chi connectivity index (χ0v) is 12.8. The number of aromatic amines is 1. The van der Waals surface area contributed by atoms with E-state index < -0.39 is 0 Å². The van der Waals surface area contributed by atoms with E-state index in [0.717, 1.165) is 27.5 Å². The van der Waals surface area contributed by atoms with Crippen molar-refractivity contribution < 1.29 is 9.84 Å². The number of hydrogen-bond acceptors (Lipinski definition) is 5. The average molecular weight is 301 g/mol. The summed E-state index contributed by atoms with van der Waals surface area (Å²) in [6, 6.07) is 3.49. The summed E-state index contributed by atoms with van der Waals surface area (Å²) in [4.78, 5) is 4.48. The van der Waals surface area contributed by atoms with E-state index in [2.05, 4.69) is 15.2 Å². The number of H-pyrrole nitrogens is 1. The minimum Gasteiger partial charge on any atom is -0.507 e. The van der Waals surface area contributed by atoms with Gasteiger partial charge in [0, 0.05) is 22.6 Å². The van der Waals surface area contributed by atoms with Gasteiger partial charge in [0.15, 0.2) is 0 Å². The van der Waals surface area contributed by atoms with E-state index in [4.69, 9.17) is 4.74 Å². The summed E-state index contributed by atoms with van der Waals surface area (Å²) < 4.78 is 5.22. The molecule has 0 atom stereocenters. The Morgan fingerprint density at radius 3 is 2.71 bits per heavy atom. The second-order valence-electron chi connectivity index (χ2n) is 4.75. The molecule has 2 N–H and O–H groups in total. The van der Waals surface area contributed by atoms with E-state index >= 15 is 0 Å². The number of phenols is 1. The minimum atomic E-state index is 0.148. The van der Waals surface area contributed by atoms with Crippen LogP contribution in [0.3, 0.4) is 0 Å². The lowest BCUT2D eigenvalue weighted by Crippen LogP contribution is -1.90. The number of thiazole rings is 1. The van der Waals surface area contributed by atoms with Crippen LogP contribution in [0.5, 0.6) is 11.5 Å². The molecule has 3 aromatic rings. The Balaban J connectivity index is 2.14. The normalized spacial score (nSPS) is 10.8. The van der Waals surface area contributed by atoms with E-state index in [1.165, 1.54) is 0 Å². The number of aromatic nitrogens is 3. The fraction of sp³-hybridized carbons (Fsp3) is 0.200. The number of methoxy groups -OCH3 is 1. The highest BCUT2D eigenvalue weighted by Gasteiger charge is 2.17. The maximum absolute atomic E-state index is 10.2. The first kappa shape index (κ1) is 13.6. The molecule has 0 aliphatic carbocycles. The first-order valence-corrected chi connectivity index (χ1v) is 7.32. The van der Waals surface area contributed by atoms with Crippen molar-refractivity contribution in [3.8, 4) is 34.0 Å². The zero-order chi connectivity index (χ0) is 15.0. The van der Waals surface area contributed by atoms with Gasteiger partial charge < -0.3 is 9.84 Å². The highest BCUT2D eigenvalue weighted by molar-refractivity contribution is 7.09. The molecular weight excluding hydrogens is 286 g/mol. The maximum Gasteiger partial charge on any atom is 0.128 e. The largest absolute Gasteiger partial charge is 0.507 e. The van der Waals surface area contributed by atoms with Crippen LogP contribution in [0.4, 0.5) is 0 Å².